The van der Waals surface area contributed by atoms with Crippen LogP contribution in [-0.4, -0.2) is 23.3 Å². The second kappa shape index (κ2) is 5.71. The normalized spacial score (nSPS) is 24.3. The molecular weight excluding hydrogens is 192 g/mol. The third kappa shape index (κ3) is 3.20. The number of aliphatic carboxylic acids is 1. The Bertz CT molecular complexity index is 268. The number of carboxylic acid groups (broad SMARTS) is 1. The molecule has 0 radical (unpaired) electrons. The third-order valence-electron chi connectivity index (χ3n) is 2.50. The summed E-state index contributed by atoms with van der Waals surface area (Å²) in [5, 5.41) is 9.14. The number of carbonyl (C=O) groups is 1. The van der Waals surface area contributed by atoms with E-state index in [2.05, 4.69) is 6.92 Å². The van der Waals surface area contributed by atoms with Gasteiger partial charge in [-0.15, -0.1) is 0 Å². The van der Waals surface area contributed by atoms with E-state index in [0.29, 0.717) is 13.0 Å². The molecule has 0 bridgehead atoms. The van der Waals surface area contributed by atoms with Crippen LogP contribution >= 0.6 is 0 Å². The number of hydrogen-bond donors (Lipinski definition) is 1. The lowest BCUT2D eigenvalue weighted by Crippen LogP contribution is -2.40. The van der Waals surface area contributed by atoms with E-state index in [0.717, 1.165) is 19.3 Å². The maximum absolute atomic E-state index is 11.1. The van der Waals surface area contributed by atoms with Gasteiger partial charge in [-0.05, 0) is 12.5 Å². The SMILES string of the molecule is CCCCCOC1(C(=O)O)C=CC=CC1. The van der Waals surface area contributed by atoms with Gasteiger partial charge in [-0.25, -0.2) is 4.79 Å². The number of carboxylic acids is 1. The average molecular weight is 210 g/mol. The summed E-state index contributed by atoms with van der Waals surface area (Å²) < 4.78 is 5.50. The Balaban J connectivity index is 2.48. The van der Waals surface area contributed by atoms with Crippen molar-refractivity contribution in [2.45, 2.75) is 38.2 Å². The molecule has 0 aromatic heterocycles. The van der Waals surface area contributed by atoms with E-state index >= 15 is 0 Å². The van der Waals surface area contributed by atoms with E-state index in [9.17, 15) is 4.79 Å². The van der Waals surface area contributed by atoms with E-state index in [1.807, 2.05) is 12.2 Å². The molecule has 0 aromatic rings. The van der Waals surface area contributed by atoms with E-state index in [4.69, 9.17) is 9.84 Å². The molecule has 1 N–H and O–H groups in total. The number of hydrogen-bond acceptors (Lipinski definition) is 2. The van der Waals surface area contributed by atoms with Gasteiger partial charge < -0.3 is 9.84 Å². The predicted octanol–water partition coefficient (Wildman–Crippen LogP) is 2.53. The molecule has 84 valence electrons. The van der Waals surface area contributed by atoms with Gasteiger partial charge in [-0.3, -0.25) is 0 Å². The zero-order valence-corrected chi connectivity index (χ0v) is 9.11. The van der Waals surface area contributed by atoms with Crippen LogP contribution in [0.5, 0.6) is 0 Å². The molecule has 0 saturated carbocycles. The molecule has 0 spiro atoms. The first-order valence-electron chi connectivity index (χ1n) is 5.43. The Morgan fingerprint density at radius 1 is 1.47 bits per heavy atom. The van der Waals surface area contributed by atoms with Gasteiger partial charge in [0.1, 0.15) is 0 Å². The highest BCUT2D eigenvalue weighted by Gasteiger charge is 2.36. The Kier molecular flexibility index (Phi) is 4.56. The zero-order valence-electron chi connectivity index (χ0n) is 9.11. The molecule has 0 fully saturated rings. The van der Waals surface area contributed by atoms with E-state index in [1.165, 1.54) is 0 Å². The summed E-state index contributed by atoms with van der Waals surface area (Å²) in [7, 11) is 0. The van der Waals surface area contributed by atoms with Crippen molar-refractivity contribution in [3.8, 4) is 0 Å². The quantitative estimate of drug-likeness (QED) is 0.685. The van der Waals surface area contributed by atoms with Crippen LogP contribution in [0.4, 0.5) is 0 Å². The highest BCUT2D eigenvalue weighted by atomic mass is 16.5. The Hall–Kier alpha value is -1.09. The summed E-state index contributed by atoms with van der Waals surface area (Å²) in [5.41, 5.74) is -1.12. The number of rotatable bonds is 6. The van der Waals surface area contributed by atoms with E-state index < -0.39 is 11.6 Å². The van der Waals surface area contributed by atoms with Crippen molar-refractivity contribution in [2.75, 3.05) is 6.61 Å². The smallest absolute Gasteiger partial charge is 0.340 e. The molecule has 1 atom stereocenters. The fourth-order valence-electron chi connectivity index (χ4n) is 1.53. The van der Waals surface area contributed by atoms with Crippen molar-refractivity contribution < 1.29 is 14.6 Å². The Labute approximate surface area is 90.4 Å². The molecule has 1 rings (SSSR count). The summed E-state index contributed by atoms with van der Waals surface area (Å²) in [4.78, 5) is 11.1. The first kappa shape index (κ1) is 12.0. The van der Waals surface area contributed by atoms with Gasteiger partial charge in [-0.2, -0.15) is 0 Å². The number of allylic oxidation sites excluding steroid dienone is 2. The summed E-state index contributed by atoms with van der Waals surface area (Å²) in [6.45, 7) is 2.62. The molecule has 3 heteroatoms. The van der Waals surface area contributed by atoms with Gasteiger partial charge in [0.25, 0.3) is 0 Å². The highest BCUT2D eigenvalue weighted by Crippen LogP contribution is 2.23. The molecule has 0 aromatic carbocycles. The molecule has 1 aliphatic rings. The molecule has 0 amide bonds. The molecule has 15 heavy (non-hydrogen) atoms. The number of ether oxygens (including phenoxy) is 1. The van der Waals surface area contributed by atoms with Gasteiger partial charge >= 0.3 is 5.97 Å². The monoisotopic (exact) mass is 210 g/mol. The van der Waals surface area contributed by atoms with Crippen molar-refractivity contribution in [1.82, 2.24) is 0 Å². The highest BCUT2D eigenvalue weighted by molar-refractivity contribution is 5.81. The summed E-state index contributed by atoms with van der Waals surface area (Å²) in [5.74, 6) is -0.903. The molecule has 0 heterocycles. The first-order chi connectivity index (χ1) is 7.21. The molecular formula is C12H18O3. The molecule has 1 aliphatic carbocycles. The minimum absolute atomic E-state index is 0.422. The first-order valence-corrected chi connectivity index (χ1v) is 5.43. The van der Waals surface area contributed by atoms with Crippen LogP contribution in [0.3, 0.4) is 0 Å². The Morgan fingerprint density at radius 3 is 2.80 bits per heavy atom. The van der Waals surface area contributed by atoms with Crippen LogP contribution in [0.25, 0.3) is 0 Å². The lowest BCUT2D eigenvalue weighted by molar-refractivity contribution is -0.159. The maximum atomic E-state index is 11.1. The van der Waals surface area contributed by atoms with Crippen molar-refractivity contribution >= 4 is 5.97 Å². The second-order valence-electron chi connectivity index (χ2n) is 3.74. The summed E-state index contributed by atoms with van der Waals surface area (Å²) in [6.07, 6.45) is 10.6. The topological polar surface area (TPSA) is 46.5 Å². The summed E-state index contributed by atoms with van der Waals surface area (Å²) >= 11 is 0. The predicted molar refractivity (Wildman–Crippen MR) is 58.7 cm³/mol. The molecule has 3 nitrogen and oxygen atoms in total. The lowest BCUT2D eigenvalue weighted by Gasteiger charge is -2.26. The van der Waals surface area contributed by atoms with Gasteiger partial charge in [0, 0.05) is 13.0 Å². The van der Waals surface area contributed by atoms with Crippen molar-refractivity contribution in [3.63, 3.8) is 0 Å². The average Bonchev–Trinajstić information content (AvgIpc) is 2.26. The van der Waals surface area contributed by atoms with Crippen LogP contribution in [0.15, 0.2) is 24.3 Å². The van der Waals surface area contributed by atoms with Crippen molar-refractivity contribution in [3.05, 3.63) is 24.3 Å². The summed E-state index contributed by atoms with van der Waals surface area (Å²) in [6, 6.07) is 0. The fraction of sp³-hybridized carbons (Fsp3) is 0.583. The third-order valence-corrected chi connectivity index (χ3v) is 2.50. The minimum Gasteiger partial charge on any atom is -0.479 e. The maximum Gasteiger partial charge on any atom is 0.340 e. The van der Waals surface area contributed by atoms with Gasteiger partial charge in [0.05, 0.1) is 0 Å². The fourth-order valence-corrected chi connectivity index (χ4v) is 1.53. The number of unbranched alkanes of at least 4 members (excludes halogenated alkanes) is 2. The standard InChI is InChI=1S/C12H18O3/c1-2-3-7-10-15-12(11(13)14)8-5-4-6-9-12/h4-6,8H,2-3,7,9-10H2,1H3,(H,13,14). The van der Waals surface area contributed by atoms with Crippen molar-refractivity contribution in [1.29, 1.82) is 0 Å². The van der Waals surface area contributed by atoms with Gasteiger partial charge in [0.2, 0.25) is 0 Å². The van der Waals surface area contributed by atoms with Crippen LogP contribution in [0, 0.1) is 0 Å². The molecule has 1 unspecified atom stereocenters. The van der Waals surface area contributed by atoms with Crippen LogP contribution in [0.1, 0.15) is 32.6 Å². The molecule has 0 saturated heterocycles. The van der Waals surface area contributed by atoms with Crippen LogP contribution in [0.2, 0.25) is 0 Å². The van der Waals surface area contributed by atoms with Crippen molar-refractivity contribution in [2.24, 2.45) is 0 Å². The van der Waals surface area contributed by atoms with E-state index in [1.54, 1.807) is 12.2 Å². The van der Waals surface area contributed by atoms with Gasteiger partial charge in [-0.1, -0.05) is 38.0 Å². The molecule has 0 aliphatic heterocycles. The van der Waals surface area contributed by atoms with Crippen LogP contribution in [-0.2, 0) is 9.53 Å². The second-order valence-corrected chi connectivity index (χ2v) is 3.74. The minimum atomic E-state index is -1.12. The Morgan fingerprint density at radius 2 is 2.27 bits per heavy atom. The van der Waals surface area contributed by atoms with E-state index in [-0.39, 0.29) is 0 Å². The lowest BCUT2D eigenvalue weighted by atomic mass is 9.95. The largest absolute Gasteiger partial charge is 0.479 e. The van der Waals surface area contributed by atoms with Crippen LogP contribution < -0.4 is 0 Å². The van der Waals surface area contributed by atoms with Gasteiger partial charge in [0.15, 0.2) is 5.60 Å². The zero-order chi connectivity index (χ0) is 11.1.